The largest absolute Gasteiger partial charge is 0.384 e. The van der Waals surface area contributed by atoms with Gasteiger partial charge in [0.15, 0.2) is 0 Å². The SMILES string of the molecule is COCC1(C(=O)NCc2ccc(C(=O)NCCN(C)C)cc2)CCNCC1.Cl.Cl. The van der Waals surface area contributed by atoms with Crippen molar-refractivity contribution in [2.75, 3.05) is 54.0 Å². The van der Waals surface area contributed by atoms with Crippen LogP contribution in [0, 0.1) is 5.41 Å². The number of carbonyl (C=O) groups excluding carboxylic acids is 2. The van der Waals surface area contributed by atoms with E-state index in [0.717, 1.165) is 38.0 Å². The molecule has 1 aliphatic heterocycles. The number of piperidine rings is 1. The van der Waals surface area contributed by atoms with Crippen molar-refractivity contribution in [2.45, 2.75) is 19.4 Å². The van der Waals surface area contributed by atoms with Gasteiger partial charge in [0.25, 0.3) is 5.91 Å². The van der Waals surface area contributed by atoms with E-state index in [2.05, 4.69) is 16.0 Å². The molecule has 7 nitrogen and oxygen atoms in total. The predicted octanol–water partition coefficient (Wildman–Crippen LogP) is 1.45. The summed E-state index contributed by atoms with van der Waals surface area (Å²) in [6.45, 7) is 3.95. The Morgan fingerprint density at radius 2 is 1.72 bits per heavy atom. The Morgan fingerprint density at radius 3 is 2.28 bits per heavy atom. The lowest BCUT2D eigenvalue weighted by Crippen LogP contribution is -2.49. The highest BCUT2D eigenvalue weighted by Gasteiger charge is 2.39. The highest BCUT2D eigenvalue weighted by atomic mass is 35.5. The van der Waals surface area contributed by atoms with Crippen LogP contribution in [-0.4, -0.2) is 70.7 Å². The normalized spacial score (nSPS) is 15.0. The summed E-state index contributed by atoms with van der Waals surface area (Å²) in [6.07, 6.45) is 1.55. The minimum atomic E-state index is -0.452. The van der Waals surface area contributed by atoms with E-state index in [0.29, 0.717) is 25.3 Å². The summed E-state index contributed by atoms with van der Waals surface area (Å²) in [6, 6.07) is 7.35. The summed E-state index contributed by atoms with van der Waals surface area (Å²) in [7, 11) is 5.57. The van der Waals surface area contributed by atoms with Crippen molar-refractivity contribution in [3.8, 4) is 0 Å². The van der Waals surface area contributed by atoms with E-state index < -0.39 is 5.41 Å². The lowest BCUT2D eigenvalue weighted by atomic mass is 9.78. The number of carbonyl (C=O) groups is 2. The molecular formula is C20H34Cl2N4O3. The van der Waals surface area contributed by atoms with E-state index in [4.69, 9.17) is 4.74 Å². The van der Waals surface area contributed by atoms with Crippen LogP contribution in [0.5, 0.6) is 0 Å². The van der Waals surface area contributed by atoms with Crippen LogP contribution in [0.2, 0.25) is 0 Å². The molecule has 1 aliphatic rings. The number of methoxy groups -OCH3 is 1. The van der Waals surface area contributed by atoms with Crippen molar-refractivity contribution in [1.82, 2.24) is 20.9 Å². The lowest BCUT2D eigenvalue weighted by Gasteiger charge is -2.35. The van der Waals surface area contributed by atoms with Gasteiger partial charge in [0, 0.05) is 32.3 Å². The third-order valence-corrected chi connectivity index (χ3v) is 4.98. The van der Waals surface area contributed by atoms with E-state index in [1.54, 1.807) is 19.2 Å². The zero-order chi connectivity index (χ0) is 19.7. The van der Waals surface area contributed by atoms with Crippen LogP contribution in [0.3, 0.4) is 0 Å². The van der Waals surface area contributed by atoms with Gasteiger partial charge in [-0.3, -0.25) is 9.59 Å². The zero-order valence-corrected chi connectivity index (χ0v) is 19.1. The quantitative estimate of drug-likeness (QED) is 0.532. The second kappa shape index (κ2) is 13.8. The summed E-state index contributed by atoms with van der Waals surface area (Å²) in [5, 5.41) is 9.22. The fourth-order valence-corrected chi connectivity index (χ4v) is 3.26. The Bertz CT molecular complexity index is 615. The molecule has 2 amide bonds. The molecule has 1 aromatic carbocycles. The first-order chi connectivity index (χ1) is 13.0. The molecule has 0 saturated carbocycles. The van der Waals surface area contributed by atoms with Crippen LogP contribution in [0.25, 0.3) is 0 Å². The number of hydrogen-bond acceptors (Lipinski definition) is 5. The topological polar surface area (TPSA) is 82.7 Å². The maximum absolute atomic E-state index is 12.7. The lowest BCUT2D eigenvalue weighted by molar-refractivity contribution is -0.136. The Labute approximate surface area is 186 Å². The van der Waals surface area contributed by atoms with E-state index in [9.17, 15) is 9.59 Å². The molecule has 0 radical (unpaired) electrons. The van der Waals surface area contributed by atoms with Gasteiger partial charge >= 0.3 is 0 Å². The van der Waals surface area contributed by atoms with Gasteiger partial charge in [-0.25, -0.2) is 0 Å². The molecule has 166 valence electrons. The molecule has 3 N–H and O–H groups in total. The Kier molecular flexibility index (Phi) is 13.1. The molecule has 0 aromatic heterocycles. The van der Waals surface area contributed by atoms with Crippen molar-refractivity contribution in [3.05, 3.63) is 35.4 Å². The molecule has 0 aliphatic carbocycles. The number of nitrogens with zero attached hydrogens (tertiary/aromatic N) is 1. The first-order valence-electron chi connectivity index (χ1n) is 9.47. The third kappa shape index (κ3) is 8.48. The van der Waals surface area contributed by atoms with Gasteiger partial charge in [0.1, 0.15) is 0 Å². The Balaban J connectivity index is 0.00000392. The molecule has 0 unspecified atom stereocenters. The van der Waals surface area contributed by atoms with Crippen molar-refractivity contribution in [1.29, 1.82) is 0 Å². The minimum Gasteiger partial charge on any atom is -0.384 e. The highest BCUT2D eigenvalue weighted by molar-refractivity contribution is 5.94. The van der Waals surface area contributed by atoms with Crippen molar-refractivity contribution < 1.29 is 14.3 Å². The van der Waals surface area contributed by atoms with Crippen LogP contribution >= 0.6 is 24.8 Å². The molecule has 1 heterocycles. The Morgan fingerprint density at radius 1 is 1.10 bits per heavy atom. The summed E-state index contributed by atoms with van der Waals surface area (Å²) in [4.78, 5) is 26.9. The van der Waals surface area contributed by atoms with Gasteiger partial charge in [0.05, 0.1) is 12.0 Å². The first-order valence-corrected chi connectivity index (χ1v) is 9.47. The molecule has 1 aromatic rings. The second-order valence-corrected chi connectivity index (χ2v) is 7.40. The summed E-state index contributed by atoms with van der Waals surface area (Å²) >= 11 is 0. The zero-order valence-electron chi connectivity index (χ0n) is 17.5. The molecule has 9 heteroatoms. The number of ether oxygens (including phenoxy) is 1. The predicted molar refractivity (Wildman–Crippen MR) is 120 cm³/mol. The molecule has 29 heavy (non-hydrogen) atoms. The second-order valence-electron chi connectivity index (χ2n) is 7.40. The Hall–Kier alpha value is -1.38. The van der Waals surface area contributed by atoms with Gasteiger partial charge in [-0.1, -0.05) is 12.1 Å². The van der Waals surface area contributed by atoms with Crippen LogP contribution in [-0.2, 0) is 16.1 Å². The molecule has 1 fully saturated rings. The van der Waals surface area contributed by atoms with Gasteiger partial charge in [-0.15, -0.1) is 24.8 Å². The number of benzene rings is 1. The third-order valence-electron chi connectivity index (χ3n) is 4.98. The van der Waals surface area contributed by atoms with Crippen molar-refractivity contribution >= 4 is 36.6 Å². The number of rotatable bonds is 9. The van der Waals surface area contributed by atoms with Gasteiger partial charge in [-0.2, -0.15) is 0 Å². The molecular weight excluding hydrogens is 415 g/mol. The monoisotopic (exact) mass is 448 g/mol. The van der Waals surface area contributed by atoms with Crippen LogP contribution in [0.15, 0.2) is 24.3 Å². The number of hydrogen-bond donors (Lipinski definition) is 3. The number of halogens is 2. The summed E-state index contributed by atoms with van der Waals surface area (Å²) < 4.78 is 5.31. The average molecular weight is 449 g/mol. The van der Waals surface area contributed by atoms with E-state index >= 15 is 0 Å². The summed E-state index contributed by atoms with van der Waals surface area (Å²) in [5.41, 5.74) is 1.14. The average Bonchev–Trinajstić information content (AvgIpc) is 2.67. The summed E-state index contributed by atoms with van der Waals surface area (Å²) in [5.74, 6) is -0.0439. The van der Waals surface area contributed by atoms with E-state index in [1.807, 2.05) is 31.1 Å². The number of amides is 2. The number of likely N-dealkylation sites (N-methyl/N-ethyl adjacent to an activating group) is 1. The molecule has 2 rings (SSSR count). The van der Waals surface area contributed by atoms with Gasteiger partial charge in [0.2, 0.25) is 5.91 Å². The van der Waals surface area contributed by atoms with Crippen LogP contribution in [0.4, 0.5) is 0 Å². The van der Waals surface area contributed by atoms with Crippen LogP contribution < -0.4 is 16.0 Å². The van der Waals surface area contributed by atoms with Gasteiger partial charge in [-0.05, 0) is 57.7 Å². The fourth-order valence-electron chi connectivity index (χ4n) is 3.26. The minimum absolute atomic E-state index is 0. The highest BCUT2D eigenvalue weighted by Crippen LogP contribution is 2.29. The fraction of sp³-hybridized carbons (Fsp3) is 0.600. The molecule has 0 atom stereocenters. The number of nitrogens with one attached hydrogen (secondary N) is 3. The van der Waals surface area contributed by atoms with Gasteiger partial charge < -0.3 is 25.6 Å². The first kappa shape index (κ1) is 27.6. The van der Waals surface area contributed by atoms with Crippen molar-refractivity contribution in [2.24, 2.45) is 5.41 Å². The van der Waals surface area contributed by atoms with E-state index in [-0.39, 0.29) is 36.6 Å². The van der Waals surface area contributed by atoms with E-state index in [1.165, 1.54) is 0 Å². The maximum atomic E-state index is 12.7. The van der Waals surface area contributed by atoms with Crippen molar-refractivity contribution in [3.63, 3.8) is 0 Å². The molecule has 0 bridgehead atoms. The standard InChI is InChI=1S/C20H32N4O3.2ClH/c1-24(2)13-12-22-18(25)17-6-4-16(5-7-17)14-23-19(26)20(15-27-3)8-10-21-11-9-20;;/h4-7,21H,8-15H2,1-3H3,(H,22,25)(H,23,26);2*1H. The maximum Gasteiger partial charge on any atom is 0.251 e. The molecule has 1 saturated heterocycles. The smallest absolute Gasteiger partial charge is 0.251 e. The van der Waals surface area contributed by atoms with Crippen LogP contribution in [0.1, 0.15) is 28.8 Å². The molecule has 0 spiro atoms.